The molecule has 6 nitrogen and oxygen atoms in total. The third-order valence-electron chi connectivity index (χ3n) is 4.24. The summed E-state index contributed by atoms with van der Waals surface area (Å²) in [5.41, 5.74) is 1.07. The summed E-state index contributed by atoms with van der Waals surface area (Å²) < 4.78 is 30.9. The van der Waals surface area contributed by atoms with E-state index in [4.69, 9.17) is 16.0 Å². The van der Waals surface area contributed by atoms with Crippen molar-refractivity contribution in [1.82, 2.24) is 9.62 Å². The van der Waals surface area contributed by atoms with Crippen LogP contribution in [0.1, 0.15) is 34.2 Å². The molecule has 0 bridgehead atoms. The summed E-state index contributed by atoms with van der Waals surface area (Å²) >= 11 is 5.99. The second-order valence-electron chi connectivity index (χ2n) is 6.30. The highest BCUT2D eigenvalue weighted by Crippen LogP contribution is 2.41. The lowest BCUT2D eigenvalue weighted by Gasteiger charge is -2.09. The zero-order chi connectivity index (χ0) is 18.4. The Balaban J connectivity index is 1.71. The van der Waals surface area contributed by atoms with E-state index in [1.54, 1.807) is 6.07 Å². The number of halogens is 1. The van der Waals surface area contributed by atoms with Crippen molar-refractivity contribution < 1.29 is 17.6 Å². The fraction of sp³-hybridized carbons (Fsp3) is 0.353. The molecule has 1 amide bonds. The summed E-state index contributed by atoms with van der Waals surface area (Å²) in [7, 11) is -0.783. The Morgan fingerprint density at radius 2 is 2.04 bits per heavy atom. The zero-order valence-corrected chi connectivity index (χ0v) is 15.7. The van der Waals surface area contributed by atoms with Crippen LogP contribution in [0, 0.1) is 6.92 Å². The predicted molar refractivity (Wildman–Crippen MR) is 94.4 cm³/mol. The largest absolute Gasteiger partial charge is 0.455 e. The topological polar surface area (TPSA) is 79.6 Å². The molecule has 1 saturated carbocycles. The van der Waals surface area contributed by atoms with Crippen LogP contribution >= 0.6 is 11.6 Å². The van der Waals surface area contributed by atoms with E-state index in [1.165, 1.54) is 27.1 Å². The van der Waals surface area contributed by atoms with Crippen LogP contribution in [0.2, 0.25) is 5.02 Å². The number of amides is 1. The molecule has 8 heteroatoms. The lowest BCUT2D eigenvalue weighted by atomic mass is 10.1. The number of hydrogen-bond acceptors (Lipinski definition) is 4. The van der Waals surface area contributed by atoms with E-state index in [0.717, 1.165) is 16.3 Å². The number of carbonyl (C=O) groups is 1. The van der Waals surface area contributed by atoms with Gasteiger partial charge < -0.3 is 9.73 Å². The number of carbonyl (C=O) groups excluding carboxylic acids is 1. The number of hydrogen-bond donors (Lipinski definition) is 1. The second kappa shape index (κ2) is 6.48. The fourth-order valence-electron chi connectivity index (χ4n) is 2.73. The molecule has 1 aromatic heterocycles. The van der Waals surface area contributed by atoms with Crippen LogP contribution in [-0.2, 0) is 10.0 Å². The highest BCUT2D eigenvalue weighted by molar-refractivity contribution is 7.89. The highest BCUT2D eigenvalue weighted by Gasteiger charge is 2.40. The maximum absolute atomic E-state index is 12.4. The van der Waals surface area contributed by atoms with Gasteiger partial charge in [0.2, 0.25) is 10.0 Å². The van der Waals surface area contributed by atoms with Crippen LogP contribution in [0.4, 0.5) is 0 Å². The lowest BCUT2D eigenvalue weighted by molar-refractivity contribution is 0.0921. The fourth-order valence-corrected chi connectivity index (χ4v) is 3.98. The molecule has 1 fully saturated rings. The summed E-state index contributed by atoms with van der Waals surface area (Å²) in [6, 6.07) is 8.81. The van der Waals surface area contributed by atoms with Crippen molar-refractivity contribution in [2.24, 2.45) is 0 Å². The lowest BCUT2D eigenvalue weighted by Crippen LogP contribution is -2.26. The molecular formula is C17H19ClN2O4S. The Morgan fingerprint density at radius 3 is 2.68 bits per heavy atom. The van der Waals surface area contributed by atoms with Crippen molar-refractivity contribution in [3.8, 4) is 0 Å². The Morgan fingerprint density at radius 1 is 1.32 bits per heavy atom. The van der Waals surface area contributed by atoms with Crippen molar-refractivity contribution in [3.63, 3.8) is 0 Å². The predicted octanol–water partition coefficient (Wildman–Crippen LogP) is 2.78. The first-order valence-corrected chi connectivity index (χ1v) is 9.61. The summed E-state index contributed by atoms with van der Waals surface area (Å²) in [4.78, 5) is 12.4. The average molecular weight is 383 g/mol. The molecule has 3 rings (SSSR count). The average Bonchev–Trinajstić information content (AvgIpc) is 3.18. The van der Waals surface area contributed by atoms with Crippen LogP contribution < -0.4 is 5.32 Å². The van der Waals surface area contributed by atoms with Crippen molar-refractivity contribution in [1.29, 1.82) is 0 Å². The number of nitrogens with one attached hydrogen (secondary N) is 1. The summed E-state index contributed by atoms with van der Waals surface area (Å²) in [6.45, 7) is 1.53. The van der Waals surface area contributed by atoms with Gasteiger partial charge in [-0.1, -0.05) is 23.7 Å². The molecule has 0 aliphatic heterocycles. The quantitative estimate of drug-likeness (QED) is 0.862. The molecule has 2 atom stereocenters. The Hall–Kier alpha value is -1.83. The normalized spacial score (nSPS) is 19.9. The van der Waals surface area contributed by atoms with Gasteiger partial charge in [-0.2, -0.15) is 0 Å². The first-order valence-electron chi connectivity index (χ1n) is 7.79. The highest BCUT2D eigenvalue weighted by atomic mass is 35.5. The van der Waals surface area contributed by atoms with Gasteiger partial charge in [-0.05, 0) is 31.0 Å². The van der Waals surface area contributed by atoms with Crippen molar-refractivity contribution in [2.45, 2.75) is 30.2 Å². The second-order valence-corrected chi connectivity index (χ2v) is 8.85. The number of sulfonamides is 1. The van der Waals surface area contributed by atoms with Gasteiger partial charge in [0.25, 0.3) is 5.91 Å². The summed E-state index contributed by atoms with van der Waals surface area (Å²) in [6.07, 6.45) is 0.814. The van der Waals surface area contributed by atoms with E-state index in [2.05, 4.69) is 5.32 Å². The SMILES string of the molecule is Cc1oc(C(=O)N[C@@H]2C[C@H]2c2cccc(Cl)c2)cc1S(=O)(=O)N(C)C. The van der Waals surface area contributed by atoms with E-state index in [-0.39, 0.29) is 28.4 Å². The van der Waals surface area contributed by atoms with Crippen LogP contribution in [0.15, 0.2) is 39.6 Å². The summed E-state index contributed by atoms with van der Waals surface area (Å²) in [5.74, 6) is -0.0165. The summed E-state index contributed by atoms with van der Waals surface area (Å²) in [5, 5.41) is 3.54. The molecule has 1 aliphatic carbocycles. The van der Waals surface area contributed by atoms with Crippen molar-refractivity contribution in [2.75, 3.05) is 14.1 Å². The maximum Gasteiger partial charge on any atom is 0.287 e. The van der Waals surface area contributed by atoms with Crippen LogP contribution in [0.3, 0.4) is 0 Å². The van der Waals surface area contributed by atoms with Gasteiger partial charge in [0.05, 0.1) is 0 Å². The molecule has 0 saturated heterocycles. The molecular weight excluding hydrogens is 364 g/mol. The molecule has 134 valence electrons. The third-order valence-corrected chi connectivity index (χ3v) is 6.40. The molecule has 1 aliphatic rings. The Kier molecular flexibility index (Phi) is 4.66. The molecule has 25 heavy (non-hydrogen) atoms. The molecule has 1 N–H and O–H groups in total. The van der Waals surface area contributed by atoms with E-state index in [0.29, 0.717) is 5.02 Å². The van der Waals surface area contributed by atoms with E-state index in [9.17, 15) is 13.2 Å². The Labute approximate surface area is 151 Å². The molecule has 0 spiro atoms. The van der Waals surface area contributed by atoms with E-state index < -0.39 is 15.9 Å². The number of furan rings is 1. The number of benzene rings is 1. The molecule has 1 heterocycles. The minimum Gasteiger partial charge on any atom is -0.455 e. The van der Waals surface area contributed by atoms with Gasteiger partial charge in [0.1, 0.15) is 10.7 Å². The number of rotatable bonds is 5. The minimum atomic E-state index is -3.65. The first kappa shape index (κ1) is 18.0. The van der Waals surface area contributed by atoms with E-state index >= 15 is 0 Å². The van der Waals surface area contributed by atoms with Crippen LogP contribution in [0.25, 0.3) is 0 Å². The van der Waals surface area contributed by atoms with Gasteiger partial charge in [0.15, 0.2) is 5.76 Å². The number of nitrogens with zero attached hydrogens (tertiary/aromatic N) is 1. The molecule has 0 radical (unpaired) electrons. The number of aryl methyl sites for hydroxylation is 1. The standard InChI is InChI=1S/C17H19ClN2O4S/c1-10-16(25(22,23)20(2)3)9-15(24-10)17(21)19-14-8-13(14)11-5-4-6-12(18)7-11/h4-7,9,13-14H,8H2,1-3H3,(H,19,21)/t13-,14+/m0/s1. The minimum absolute atomic E-state index is 0.00448. The smallest absolute Gasteiger partial charge is 0.287 e. The molecule has 1 aromatic carbocycles. The van der Waals surface area contributed by atoms with Crippen LogP contribution in [-0.4, -0.2) is 38.8 Å². The van der Waals surface area contributed by atoms with Crippen molar-refractivity contribution in [3.05, 3.63) is 52.4 Å². The van der Waals surface area contributed by atoms with Gasteiger partial charge in [-0.25, -0.2) is 12.7 Å². The monoisotopic (exact) mass is 382 g/mol. The van der Waals surface area contributed by atoms with Gasteiger partial charge in [0, 0.05) is 37.1 Å². The van der Waals surface area contributed by atoms with Gasteiger partial charge >= 0.3 is 0 Å². The zero-order valence-electron chi connectivity index (χ0n) is 14.1. The van der Waals surface area contributed by atoms with Gasteiger partial charge in [-0.15, -0.1) is 0 Å². The van der Waals surface area contributed by atoms with Crippen LogP contribution in [0.5, 0.6) is 0 Å². The Bertz CT molecular complexity index is 920. The maximum atomic E-state index is 12.4. The first-order chi connectivity index (χ1) is 11.7. The third kappa shape index (κ3) is 3.58. The van der Waals surface area contributed by atoms with Crippen molar-refractivity contribution >= 4 is 27.5 Å². The molecule has 0 unspecified atom stereocenters. The molecule has 2 aromatic rings. The van der Waals surface area contributed by atoms with Gasteiger partial charge in [-0.3, -0.25) is 4.79 Å². The van der Waals surface area contributed by atoms with E-state index in [1.807, 2.05) is 18.2 Å².